The number of ether oxygens (including phenoxy) is 1. The quantitative estimate of drug-likeness (QED) is 0.198. The van der Waals surface area contributed by atoms with Gasteiger partial charge in [-0.25, -0.2) is 4.79 Å². The van der Waals surface area contributed by atoms with Crippen LogP contribution < -0.4 is 11.1 Å². The van der Waals surface area contributed by atoms with Gasteiger partial charge in [0.2, 0.25) is 11.5 Å². The van der Waals surface area contributed by atoms with Gasteiger partial charge in [0.15, 0.2) is 5.13 Å². The largest absolute Gasteiger partial charge is 0.477 e. The van der Waals surface area contributed by atoms with Crippen molar-refractivity contribution in [1.29, 1.82) is 0 Å². The van der Waals surface area contributed by atoms with E-state index in [4.69, 9.17) is 10.5 Å². The van der Waals surface area contributed by atoms with Gasteiger partial charge in [-0.3, -0.25) is 19.3 Å². The maximum Gasteiger partial charge on any atom is 0.371 e. The first-order valence-electron chi connectivity index (χ1n) is 8.21. The van der Waals surface area contributed by atoms with Crippen molar-refractivity contribution in [2.24, 2.45) is 5.16 Å². The summed E-state index contributed by atoms with van der Waals surface area (Å²) < 4.78 is 8.98. The standard InChI is InChI=1S/C14H14N6O7S2/c1-26-18-8(9-17-13(15)29-19-9)10(22)16-7-4-3-28-5-2-6(21)27-14(5,12(24)25)20(4)11(7)23/h4-5,7H,2-3H2,1H3,(H,16,22)(H,24,25)(H2,15,17,19)/b18-8+. The summed E-state index contributed by atoms with van der Waals surface area (Å²) in [4.78, 5) is 58.6. The molecule has 13 nitrogen and oxygen atoms in total. The second kappa shape index (κ2) is 6.84. The molecular weight excluding hydrogens is 428 g/mol. The van der Waals surface area contributed by atoms with E-state index in [1.807, 2.05) is 0 Å². The lowest BCUT2D eigenvalue weighted by atomic mass is 9.89. The fourth-order valence-corrected chi connectivity index (χ4v) is 5.49. The number of carbonyl (C=O) groups is 4. The van der Waals surface area contributed by atoms with Crippen LogP contribution in [0.1, 0.15) is 12.2 Å². The number of oxime groups is 1. The van der Waals surface area contributed by atoms with Crippen molar-refractivity contribution in [3.05, 3.63) is 5.82 Å². The average molecular weight is 442 g/mol. The first kappa shape index (κ1) is 19.4. The molecule has 0 aliphatic carbocycles. The van der Waals surface area contributed by atoms with Gasteiger partial charge < -0.3 is 25.7 Å². The topological polar surface area (TPSA) is 186 Å². The average Bonchev–Trinajstić information content (AvgIpc) is 3.25. The molecule has 3 fully saturated rings. The van der Waals surface area contributed by atoms with Crippen LogP contribution >= 0.6 is 23.3 Å². The van der Waals surface area contributed by atoms with Crippen molar-refractivity contribution < 1.29 is 33.9 Å². The zero-order valence-electron chi connectivity index (χ0n) is 14.7. The summed E-state index contributed by atoms with van der Waals surface area (Å²) >= 11 is 2.07. The van der Waals surface area contributed by atoms with E-state index in [1.165, 1.54) is 18.9 Å². The molecule has 4 heterocycles. The number of aromatic nitrogens is 2. The molecule has 2 amide bonds. The highest BCUT2D eigenvalue weighted by atomic mass is 32.2. The number of carboxylic acids is 1. The smallest absolute Gasteiger partial charge is 0.371 e. The van der Waals surface area contributed by atoms with Crippen molar-refractivity contribution in [2.75, 3.05) is 18.6 Å². The van der Waals surface area contributed by atoms with E-state index in [1.54, 1.807) is 0 Å². The number of nitrogens with zero attached hydrogens (tertiary/aromatic N) is 4. The minimum atomic E-state index is -2.06. The van der Waals surface area contributed by atoms with Gasteiger partial charge in [0, 0.05) is 17.3 Å². The zero-order chi connectivity index (χ0) is 20.9. The fourth-order valence-electron chi connectivity index (χ4n) is 3.55. The number of nitrogens with one attached hydrogen (secondary N) is 1. The zero-order valence-corrected chi connectivity index (χ0v) is 16.4. The van der Waals surface area contributed by atoms with Crippen molar-refractivity contribution in [2.45, 2.75) is 29.5 Å². The SMILES string of the molecule is CO/N=C(/C(=O)NC1C(=O)N2C1CSC1CC(=O)OC12C(=O)O)c1nsc(N)n1. The number of carboxylic acid groups (broad SMARTS) is 1. The molecule has 1 aromatic heterocycles. The molecule has 1 aromatic rings. The second-order valence-corrected chi connectivity index (χ2v) is 8.33. The van der Waals surface area contributed by atoms with Crippen molar-refractivity contribution in [3.8, 4) is 0 Å². The van der Waals surface area contributed by atoms with E-state index >= 15 is 0 Å². The van der Waals surface area contributed by atoms with Gasteiger partial charge >= 0.3 is 11.9 Å². The molecule has 0 bridgehead atoms. The van der Waals surface area contributed by atoms with Crippen LogP contribution in [-0.4, -0.2) is 84.7 Å². The Kier molecular flexibility index (Phi) is 4.57. The lowest BCUT2D eigenvalue weighted by molar-refractivity contribution is -0.213. The molecular formula is C14H14N6O7S2. The Labute approximate surface area is 170 Å². The third kappa shape index (κ3) is 2.79. The number of β-lactam (4-membered cyclic amide) rings is 1. The summed E-state index contributed by atoms with van der Waals surface area (Å²) in [5, 5.41) is 15.2. The van der Waals surface area contributed by atoms with Crippen LogP contribution in [0.3, 0.4) is 0 Å². The molecule has 15 heteroatoms. The van der Waals surface area contributed by atoms with Crippen molar-refractivity contribution in [1.82, 2.24) is 19.6 Å². The molecule has 3 aliphatic rings. The van der Waals surface area contributed by atoms with E-state index in [2.05, 4.69) is 24.7 Å². The number of amides is 2. The number of thioether (sulfide) groups is 1. The van der Waals surface area contributed by atoms with E-state index in [0.717, 1.165) is 16.4 Å². The van der Waals surface area contributed by atoms with E-state index in [9.17, 15) is 24.3 Å². The number of hydrogen-bond acceptors (Lipinski definition) is 12. The summed E-state index contributed by atoms with van der Waals surface area (Å²) in [6.45, 7) is 0. The highest BCUT2D eigenvalue weighted by Gasteiger charge is 2.71. The lowest BCUT2D eigenvalue weighted by Crippen LogP contribution is -2.82. The van der Waals surface area contributed by atoms with Crippen LogP contribution in [0.15, 0.2) is 5.16 Å². The van der Waals surface area contributed by atoms with Crippen LogP contribution in [0, 0.1) is 0 Å². The Hall–Kier alpha value is -2.94. The Balaban J connectivity index is 1.56. The molecule has 4 rings (SSSR count). The maximum absolute atomic E-state index is 12.7. The predicted octanol–water partition coefficient (Wildman–Crippen LogP) is -1.99. The fraction of sp³-hybridized carbons (Fsp3) is 0.500. The minimum Gasteiger partial charge on any atom is -0.477 e. The molecule has 0 saturated carbocycles. The number of aliphatic carboxylic acids is 1. The predicted molar refractivity (Wildman–Crippen MR) is 97.8 cm³/mol. The summed E-state index contributed by atoms with van der Waals surface area (Å²) in [5.74, 6) is -3.32. The molecule has 0 aromatic carbocycles. The number of anilines is 1. The molecule has 4 unspecified atom stereocenters. The molecule has 3 saturated heterocycles. The molecule has 3 aliphatic heterocycles. The van der Waals surface area contributed by atoms with Crippen LogP contribution in [0.25, 0.3) is 0 Å². The number of hydrogen-bond donors (Lipinski definition) is 3. The highest BCUT2D eigenvalue weighted by molar-refractivity contribution is 8.00. The Morgan fingerprint density at radius 1 is 1.48 bits per heavy atom. The van der Waals surface area contributed by atoms with E-state index in [0.29, 0.717) is 5.75 Å². The van der Waals surface area contributed by atoms with E-state index in [-0.39, 0.29) is 23.1 Å². The third-order valence-corrected chi connectivity index (χ3v) is 6.71. The molecule has 0 radical (unpaired) electrons. The van der Waals surface area contributed by atoms with Gasteiger partial charge in [0.1, 0.15) is 13.2 Å². The third-order valence-electron chi connectivity index (χ3n) is 4.75. The van der Waals surface area contributed by atoms with Gasteiger partial charge in [0.25, 0.3) is 17.5 Å². The van der Waals surface area contributed by atoms with Gasteiger partial charge in [-0.2, -0.15) is 9.36 Å². The van der Waals surface area contributed by atoms with Gasteiger partial charge in [-0.1, -0.05) is 5.16 Å². The number of fused-ring (bicyclic) bond motifs is 3. The van der Waals surface area contributed by atoms with Crippen LogP contribution in [0.2, 0.25) is 0 Å². The number of nitrogens with two attached hydrogens (primary N) is 1. The Bertz CT molecular complexity index is 951. The van der Waals surface area contributed by atoms with Crippen molar-refractivity contribution in [3.63, 3.8) is 0 Å². The number of carbonyl (C=O) groups excluding carboxylic acids is 3. The molecule has 4 atom stereocenters. The normalized spacial score (nSPS) is 30.7. The Morgan fingerprint density at radius 3 is 2.86 bits per heavy atom. The van der Waals surface area contributed by atoms with Crippen molar-refractivity contribution >= 4 is 57.9 Å². The summed E-state index contributed by atoms with van der Waals surface area (Å²) in [6.07, 6.45) is -0.105. The first-order chi connectivity index (χ1) is 13.8. The Morgan fingerprint density at radius 2 is 2.24 bits per heavy atom. The van der Waals surface area contributed by atoms with Gasteiger partial charge in [0.05, 0.1) is 17.7 Å². The summed E-state index contributed by atoms with van der Waals surface area (Å²) in [5.41, 5.74) is 3.18. The molecule has 29 heavy (non-hydrogen) atoms. The van der Waals surface area contributed by atoms with Crippen LogP contribution in [0.4, 0.5) is 5.13 Å². The first-order valence-corrected chi connectivity index (χ1v) is 10.0. The number of nitrogen functional groups attached to an aromatic ring is 1. The highest BCUT2D eigenvalue weighted by Crippen LogP contribution is 2.49. The monoisotopic (exact) mass is 442 g/mol. The van der Waals surface area contributed by atoms with Gasteiger partial charge in [-0.15, -0.1) is 11.8 Å². The van der Waals surface area contributed by atoms with Gasteiger partial charge in [-0.05, 0) is 0 Å². The second-order valence-electron chi connectivity index (χ2n) is 6.31. The van der Waals surface area contributed by atoms with Crippen LogP contribution in [0.5, 0.6) is 0 Å². The molecule has 0 spiro atoms. The molecule has 4 N–H and O–H groups in total. The molecule has 154 valence electrons. The summed E-state index contributed by atoms with van der Waals surface area (Å²) in [7, 11) is 1.22. The van der Waals surface area contributed by atoms with E-state index < -0.39 is 46.8 Å². The summed E-state index contributed by atoms with van der Waals surface area (Å²) in [6, 6.07) is -1.70. The van der Waals surface area contributed by atoms with Crippen LogP contribution in [-0.2, 0) is 28.8 Å². The lowest BCUT2D eigenvalue weighted by Gasteiger charge is -2.56. The number of rotatable bonds is 5. The minimum absolute atomic E-state index is 0.0692. The maximum atomic E-state index is 12.7. The number of esters is 1.